The maximum atomic E-state index is 13.3. The van der Waals surface area contributed by atoms with Gasteiger partial charge in [0.15, 0.2) is 0 Å². The predicted octanol–water partition coefficient (Wildman–Crippen LogP) is 3.96. The molecule has 4 rings (SSSR count). The lowest BCUT2D eigenvalue weighted by atomic mass is 9.93. The van der Waals surface area contributed by atoms with Crippen molar-refractivity contribution in [2.24, 2.45) is 7.05 Å². The van der Waals surface area contributed by atoms with Crippen molar-refractivity contribution in [1.82, 2.24) is 24.6 Å². The summed E-state index contributed by atoms with van der Waals surface area (Å²) < 4.78 is 1.65. The van der Waals surface area contributed by atoms with Crippen LogP contribution in [0.1, 0.15) is 41.4 Å². The highest BCUT2D eigenvalue weighted by Gasteiger charge is 2.32. The Morgan fingerprint density at radius 1 is 1.23 bits per heavy atom. The van der Waals surface area contributed by atoms with Crippen molar-refractivity contribution >= 4 is 23.5 Å². The molecule has 30 heavy (non-hydrogen) atoms. The summed E-state index contributed by atoms with van der Waals surface area (Å²) in [6, 6.07) is 7.54. The fourth-order valence-electron chi connectivity index (χ4n) is 3.89. The van der Waals surface area contributed by atoms with Gasteiger partial charge in [0.25, 0.3) is 5.91 Å². The van der Waals surface area contributed by atoms with Gasteiger partial charge in [-0.05, 0) is 37.0 Å². The van der Waals surface area contributed by atoms with Crippen molar-refractivity contribution < 1.29 is 4.79 Å². The Bertz CT molecular complexity index is 1060. The van der Waals surface area contributed by atoms with E-state index in [1.54, 1.807) is 17.1 Å². The minimum atomic E-state index is -0.137. The lowest BCUT2D eigenvalue weighted by molar-refractivity contribution is 0.0606. The maximum Gasteiger partial charge on any atom is 0.257 e. The van der Waals surface area contributed by atoms with E-state index in [9.17, 15) is 4.79 Å². The van der Waals surface area contributed by atoms with Gasteiger partial charge in [-0.3, -0.25) is 9.48 Å². The van der Waals surface area contributed by atoms with Gasteiger partial charge in [-0.1, -0.05) is 23.7 Å². The molecule has 1 aromatic carbocycles. The largest absolute Gasteiger partial charge is 0.347 e. The summed E-state index contributed by atoms with van der Waals surface area (Å²) in [4.78, 5) is 26.5. The summed E-state index contributed by atoms with van der Waals surface area (Å²) in [5.74, 6) is 0.602. The van der Waals surface area contributed by atoms with Crippen LogP contribution >= 0.6 is 11.6 Å². The molecule has 0 unspecified atom stereocenters. The first-order chi connectivity index (χ1) is 14.4. The highest BCUT2D eigenvalue weighted by atomic mass is 35.5. The molecule has 7 nitrogen and oxygen atoms in total. The minimum Gasteiger partial charge on any atom is -0.347 e. The SMILES string of the molecule is CN(C)c1ncc(-c2cccc(Cl)c2)c([C@H]2CCCCN2C(=O)c2cnn(C)c2)n1. The number of carbonyl (C=O) groups is 1. The number of hydrogen-bond acceptors (Lipinski definition) is 5. The van der Waals surface area contributed by atoms with E-state index >= 15 is 0 Å². The third-order valence-electron chi connectivity index (χ3n) is 5.37. The molecule has 0 bridgehead atoms. The van der Waals surface area contributed by atoms with Crippen LogP contribution in [0.3, 0.4) is 0 Å². The minimum absolute atomic E-state index is 0.0186. The number of rotatable bonds is 4. The van der Waals surface area contributed by atoms with E-state index in [1.807, 2.05) is 61.4 Å². The highest BCUT2D eigenvalue weighted by molar-refractivity contribution is 6.30. The Morgan fingerprint density at radius 2 is 2.07 bits per heavy atom. The van der Waals surface area contributed by atoms with E-state index in [0.29, 0.717) is 23.1 Å². The molecule has 1 saturated heterocycles. The van der Waals surface area contributed by atoms with E-state index in [2.05, 4.69) is 10.1 Å². The fourth-order valence-corrected chi connectivity index (χ4v) is 4.08. The van der Waals surface area contributed by atoms with E-state index in [0.717, 1.165) is 36.1 Å². The monoisotopic (exact) mass is 424 g/mol. The summed E-state index contributed by atoms with van der Waals surface area (Å²) in [5, 5.41) is 4.82. The Labute approximate surface area is 181 Å². The summed E-state index contributed by atoms with van der Waals surface area (Å²) >= 11 is 6.25. The third kappa shape index (κ3) is 4.03. The molecular formula is C22H25ClN6O. The van der Waals surface area contributed by atoms with Crippen LogP contribution in [0.5, 0.6) is 0 Å². The van der Waals surface area contributed by atoms with Crippen LogP contribution < -0.4 is 4.90 Å². The third-order valence-corrected chi connectivity index (χ3v) is 5.61. The predicted molar refractivity (Wildman–Crippen MR) is 118 cm³/mol. The Balaban J connectivity index is 1.81. The average Bonchev–Trinajstić information content (AvgIpc) is 3.19. The van der Waals surface area contributed by atoms with Gasteiger partial charge in [0.1, 0.15) is 0 Å². The lowest BCUT2D eigenvalue weighted by Crippen LogP contribution is -2.39. The number of benzene rings is 1. The smallest absolute Gasteiger partial charge is 0.257 e. The molecule has 3 heterocycles. The topological polar surface area (TPSA) is 67.2 Å². The summed E-state index contributed by atoms with van der Waals surface area (Å²) in [7, 11) is 5.64. The van der Waals surface area contributed by atoms with Gasteiger partial charge in [-0.25, -0.2) is 9.97 Å². The van der Waals surface area contributed by atoms with Gasteiger partial charge in [-0.15, -0.1) is 0 Å². The number of nitrogens with zero attached hydrogens (tertiary/aromatic N) is 6. The van der Waals surface area contributed by atoms with Crippen LogP contribution in [0, 0.1) is 0 Å². The van der Waals surface area contributed by atoms with Gasteiger partial charge >= 0.3 is 0 Å². The molecule has 0 N–H and O–H groups in total. The normalized spacial score (nSPS) is 16.5. The van der Waals surface area contributed by atoms with Gasteiger partial charge < -0.3 is 9.80 Å². The molecule has 1 fully saturated rings. The van der Waals surface area contributed by atoms with Crippen LogP contribution in [0.4, 0.5) is 5.95 Å². The van der Waals surface area contributed by atoms with Crippen molar-refractivity contribution in [1.29, 1.82) is 0 Å². The van der Waals surface area contributed by atoms with E-state index in [-0.39, 0.29) is 11.9 Å². The van der Waals surface area contributed by atoms with Gasteiger partial charge in [0.2, 0.25) is 5.95 Å². The summed E-state index contributed by atoms with van der Waals surface area (Å²) in [5.41, 5.74) is 3.30. The average molecular weight is 425 g/mol. The van der Waals surface area contributed by atoms with E-state index < -0.39 is 0 Å². The highest BCUT2D eigenvalue weighted by Crippen LogP contribution is 2.37. The van der Waals surface area contributed by atoms with Gasteiger partial charge in [0, 0.05) is 50.7 Å². The number of anilines is 1. The van der Waals surface area contributed by atoms with Crippen LogP contribution in [0.25, 0.3) is 11.1 Å². The number of halogens is 1. The number of aryl methyl sites for hydroxylation is 1. The van der Waals surface area contributed by atoms with E-state index in [4.69, 9.17) is 16.6 Å². The molecule has 0 spiro atoms. The molecule has 0 saturated carbocycles. The summed E-state index contributed by atoms with van der Waals surface area (Å²) in [6.07, 6.45) is 8.08. The fraction of sp³-hybridized carbons (Fsp3) is 0.364. The zero-order valence-corrected chi connectivity index (χ0v) is 18.2. The zero-order valence-electron chi connectivity index (χ0n) is 17.4. The number of carbonyl (C=O) groups excluding carboxylic acids is 1. The van der Waals surface area contributed by atoms with E-state index in [1.165, 1.54) is 0 Å². The lowest BCUT2D eigenvalue weighted by Gasteiger charge is -2.36. The van der Waals surface area contributed by atoms with Crippen molar-refractivity contribution in [3.8, 4) is 11.1 Å². The Kier molecular flexibility index (Phi) is 5.72. The van der Waals surface area contributed by atoms with Crippen LogP contribution in [0.2, 0.25) is 5.02 Å². The first kappa shape index (κ1) is 20.3. The van der Waals surface area contributed by atoms with Gasteiger partial charge in [0.05, 0.1) is 23.5 Å². The Hall–Kier alpha value is -2.93. The second-order valence-electron chi connectivity index (χ2n) is 7.79. The van der Waals surface area contributed by atoms with Crippen molar-refractivity contribution in [3.05, 3.63) is 59.1 Å². The van der Waals surface area contributed by atoms with Crippen molar-refractivity contribution in [2.45, 2.75) is 25.3 Å². The first-order valence-corrected chi connectivity index (χ1v) is 10.4. The number of hydrogen-bond donors (Lipinski definition) is 0. The van der Waals surface area contributed by atoms with Crippen molar-refractivity contribution in [2.75, 3.05) is 25.5 Å². The van der Waals surface area contributed by atoms with Gasteiger partial charge in [-0.2, -0.15) is 5.10 Å². The molecule has 3 aromatic rings. The maximum absolute atomic E-state index is 13.3. The molecule has 1 amide bonds. The molecule has 2 aromatic heterocycles. The number of likely N-dealkylation sites (tertiary alicyclic amines) is 1. The van der Waals surface area contributed by atoms with Crippen LogP contribution in [-0.4, -0.2) is 51.2 Å². The first-order valence-electron chi connectivity index (χ1n) is 10.0. The molecule has 1 aliphatic heterocycles. The number of piperidine rings is 1. The second-order valence-corrected chi connectivity index (χ2v) is 8.22. The molecule has 0 radical (unpaired) electrons. The second kappa shape index (κ2) is 8.44. The molecule has 1 atom stereocenters. The zero-order chi connectivity index (χ0) is 21.3. The summed E-state index contributed by atoms with van der Waals surface area (Å²) in [6.45, 7) is 0.689. The molecule has 0 aliphatic carbocycles. The molecule has 8 heteroatoms. The standard InChI is InChI=1S/C22H25ClN6O/c1-27(2)22-24-13-18(15-7-6-8-17(23)11-15)20(26-22)19-9-4-5-10-29(19)21(30)16-12-25-28(3)14-16/h6-8,11-14,19H,4-5,9-10H2,1-3H3/t19-/m1/s1. The molecular weight excluding hydrogens is 400 g/mol. The van der Waals surface area contributed by atoms with Crippen molar-refractivity contribution in [3.63, 3.8) is 0 Å². The Morgan fingerprint density at radius 3 is 2.77 bits per heavy atom. The number of aromatic nitrogens is 4. The van der Waals surface area contributed by atoms with Crippen LogP contribution in [0.15, 0.2) is 42.9 Å². The number of amides is 1. The van der Waals surface area contributed by atoms with Crippen LogP contribution in [-0.2, 0) is 7.05 Å². The molecule has 156 valence electrons. The molecule has 1 aliphatic rings. The quantitative estimate of drug-likeness (QED) is 0.634.